The Labute approximate surface area is 189 Å². The van der Waals surface area contributed by atoms with Crippen molar-refractivity contribution in [1.82, 2.24) is 0 Å². The smallest absolute Gasteiger partial charge is 0.0423 e. The van der Waals surface area contributed by atoms with E-state index < -0.39 is 0 Å². The predicted molar refractivity (Wildman–Crippen MR) is 141 cm³/mol. The number of hydrogen-bond donors (Lipinski definition) is 3. The zero-order valence-electron chi connectivity index (χ0n) is 18.7. The van der Waals surface area contributed by atoms with Crippen molar-refractivity contribution in [2.75, 3.05) is 37.1 Å². The summed E-state index contributed by atoms with van der Waals surface area (Å²) < 4.78 is 0. The van der Waals surface area contributed by atoms with E-state index in [9.17, 15) is 0 Å². The first-order valence-corrected chi connectivity index (χ1v) is 10.9. The van der Waals surface area contributed by atoms with Gasteiger partial charge in [0.1, 0.15) is 0 Å². The molecule has 5 aromatic carbocycles. The zero-order chi connectivity index (χ0) is 22.1. The predicted octanol–water partition coefficient (Wildman–Crippen LogP) is 7.45. The summed E-state index contributed by atoms with van der Waals surface area (Å²) in [6.07, 6.45) is 0. The fourth-order valence-electron chi connectivity index (χ4n) is 4.46. The number of hydrogen-bond acceptors (Lipinski definition) is 3. The van der Waals surface area contributed by atoms with Gasteiger partial charge in [-0.15, -0.1) is 0 Å². The molecule has 0 bridgehead atoms. The zero-order valence-corrected chi connectivity index (χ0v) is 18.7. The minimum atomic E-state index is 1.11. The largest absolute Gasteiger partial charge is 0.388 e. The Morgan fingerprint density at radius 3 is 2.09 bits per heavy atom. The van der Waals surface area contributed by atoms with Crippen molar-refractivity contribution in [3.05, 3.63) is 91.0 Å². The van der Waals surface area contributed by atoms with Gasteiger partial charge in [0.2, 0.25) is 0 Å². The van der Waals surface area contributed by atoms with Crippen LogP contribution in [0.5, 0.6) is 0 Å². The van der Waals surface area contributed by atoms with Gasteiger partial charge in [0.25, 0.3) is 0 Å². The van der Waals surface area contributed by atoms with Gasteiger partial charge in [0, 0.05) is 43.6 Å². The molecule has 0 aliphatic carbocycles. The van der Waals surface area contributed by atoms with Gasteiger partial charge in [-0.3, -0.25) is 0 Å². The van der Waals surface area contributed by atoms with Crippen LogP contribution in [0.15, 0.2) is 91.0 Å². The molecule has 0 radical (unpaired) electrons. The van der Waals surface area contributed by atoms with E-state index in [0.29, 0.717) is 0 Å². The quantitative estimate of drug-likeness (QED) is 0.278. The number of nitrogens with one attached hydrogen (secondary N) is 3. The maximum atomic E-state index is 3.39. The van der Waals surface area contributed by atoms with E-state index in [4.69, 9.17) is 0 Å². The average Bonchev–Trinajstić information content (AvgIpc) is 2.86. The van der Waals surface area contributed by atoms with E-state index in [0.717, 1.165) is 17.1 Å². The van der Waals surface area contributed by atoms with Gasteiger partial charge < -0.3 is 16.0 Å². The van der Waals surface area contributed by atoms with Gasteiger partial charge in [0.05, 0.1) is 0 Å². The molecule has 0 saturated heterocycles. The van der Waals surface area contributed by atoms with Gasteiger partial charge >= 0.3 is 0 Å². The lowest BCUT2D eigenvalue weighted by Crippen LogP contribution is -1.93. The van der Waals surface area contributed by atoms with Crippen molar-refractivity contribution in [2.45, 2.75) is 0 Å². The fourth-order valence-corrected chi connectivity index (χ4v) is 4.46. The molecule has 0 atom stereocenters. The molecule has 0 heterocycles. The summed E-state index contributed by atoms with van der Waals surface area (Å²) >= 11 is 0. The standard InChI is InChI=1S/C29H27N3/c1-30-24-9-6-8-19(15-24)22-14-23-13-21(11-12-27(23)29(17-22)32-3)28-18-25(31-2)16-20-7-4-5-10-26(20)28/h4-18,30-32H,1-3H3. The van der Waals surface area contributed by atoms with Crippen LogP contribution in [0, 0.1) is 0 Å². The Kier molecular flexibility index (Phi) is 5.16. The summed E-state index contributed by atoms with van der Waals surface area (Å²) in [6, 6.07) is 32.8. The summed E-state index contributed by atoms with van der Waals surface area (Å²) in [5, 5.41) is 14.9. The Morgan fingerprint density at radius 1 is 0.469 bits per heavy atom. The van der Waals surface area contributed by atoms with Gasteiger partial charge in [-0.25, -0.2) is 0 Å². The second-order valence-electron chi connectivity index (χ2n) is 8.04. The van der Waals surface area contributed by atoms with Crippen LogP contribution in [0.2, 0.25) is 0 Å². The summed E-state index contributed by atoms with van der Waals surface area (Å²) in [5.41, 5.74) is 8.21. The van der Waals surface area contributed by atoms with Crippen LogP contribution < -0.4 is 16.0 Å². The molecule has 3 N–H and O–H groups in total. The third-order valence-electron chi connectivity index (χ3n) is 6.17. The third-order valence-corrected chi connectivity index (χ3v) is 6.17. The molecule has 0 aliphatic rings. The molecule has 158 valence electrons. The second kappa shape index (κ2) is 8.27. The molecule has 32 heavy (non-hydrogen) atoms. The van der Waals surface area contributed by atoms with Crippen molar-refractivity contribution in [3.8, 4) is 22.3 Å². The van der Waals surface area contributed by atoms with E-state index in [1.54, 1.807) is 0 Å². The van der Waals surface area contributed by atoms with Crippen molar-refractivity contribution in [1.29, 1.82) is 0 Å². The minimum Gasteiger partial charge on any atom is -0.388 e. The molecular weight excluding hydrogens is 390 g/mol. The molecule has 0 amide bonds. The van der Waals surface area contributed by atoms with Crippen LogP contribution >= 0.6 is 0 Å². The molecule has 0 saturated carbocycles. The van der Waals surface area contributed by atoms with E-state index in [-0.39, 0.29) is 0 Å². The van der Waals surface area contributed by atoms with Crippen molar-refractivity contribution in [2.24, 2.45) is 0 Å². The maximum Gasteiger partial charge on any atom is 0.0423 e. The molecule has 0 aromatic heterocycles. The number of benzene rings is 5. The lowest BCUT2D eigenvalue weighted by molar-refractivity contribution is 1.50. The molecule has 5 rings (SSSR count). The maximum absolute atomic E-state index is 3.39. The number of anilines is 3. The van der Waals surface area contributed by atoms with Gasteiger partial charge in [-0.05, 0) is 80.9 Å². The van der Waals surface area contributed by atoms with Crippen molar-refractivity contribution in [3.63, 3.8) is 0 Å². The van der Waals surface area contributed by atoms with E-state index in [1.165, 1.54) is 43.8 Å². The summed E-state index contributed by atoms with van der Waals surface area (Å²) in [4.78, 5) is 0. The Morgan fingerprint density at radius 2 is 1.28 bits per heavy atom. The number of fused-ring (bicyclic) bond motifs is 2. The highest BCUT2D eigenvalue weighted by Crippen LogP contribution is 2.37. The van der Waals surface area contributed by atoms with E-state index >= 15 is 0 Å². The molecule has 0 aliphatic heterocycles. The van der Waals surface area contributed by atoms with Crippen LogP contribution in [0.4, 0.5) is 17.1 Å². The minimum absolute atomic E-state index is 1.11. The first-order valence-electron chi connectivity index (χ1n) is 10.9. The molecule has 3 nitrogen and oxygen atoms in total. The SMILES string of the molecule is CNc1cccc(-c2cc(NC)c3ccc(-c4cc(NC)cc5ccccc45)cc3c2)c1. The van der Waals surface area contributed by atoms with Crippen LogP contribution in [0.1, 0.15) is 0 Å². The van der Waals surface area contributed by atoms with E-state index in [2.05, 4.69) is 107 Å². The molecule has 0 spiro atoms. The average molecular weight is 418 g/mol. The Hall–Kier alpha value is -3.98. The van der Waals surface area contributed by atoms with Crippen molar-refractivity contribution >= 4 is 38.6 Å². The highest BCUT2D eigenvalue weighted by molar-refractivity contribution is 6.04. The van der Waals surface area contributed by atoms with Crippen LogP contribution in [-0.4, -0.2) is 21.1 Å². The first kappa shape index (κ1) is 20.0. The highest BCUT2D eigenvalue weighted by Gasteiger charge is 2.10. The number of rotatable bonds is 5. The molecular formula is C29H27N3. The molecule has 3 heteroatoms. The molecule has 5 aromatic rings. The normalized spacial score (nSPS) is 11.0. The monoisotopic (exact) mass is 417 g/mol. The fraction of sp³-hybridized carbons (Fsp3) is 0.103. The van der Waals surface area contributed by atoms with E-state index in [1.807, 2.05) is 21.1 Å². The summed E-state index contributed by atoms with van der Waals surface area (Å²) in [5.74, 6) is 0. The van der Waals surface area contributed by atoms with Gasteiger partial charge in [-0.1, -0.05) is 48.5 Å². The Bertz CT molecular complexity index is 1440. The lowest BCUT2D eigenvalue weighted by atomic mass is 9.93. The Balaban J connectivity index is 1.73. The van der Waals surface area contributed by atoms with Gasteiger partial charge in [-0.2, -0.15) is 0 Å². The topological polar surface area (TPSA) is 36.1 Å². The van der Waals surface area contributed by atoms with Gasteiger partial charge in [0.15, 0.2) is 0 Å². The molecule has 0 unspecified atom stereocenters. The lowest BCUT2D eigenvalue weighted by Gasteiger charge is -2.14. The highest BCUT2D eigenvalue weighted by atomic mass is 14.8. The second-order valence-corrected chi connectivity index (χ2v) is 8.04. The summed E-state index contributed by atoms with van der Waals surface area (Å²) in [6.45, 7) is 0. The summed E-state index contributed by atoms with van der Waals surface area (Å²) in [7, 11) is 5.91. The van der Waals surface area contributed by atoms with Crippen LogP contribution in [0.3, 0.4) is 0 Å². The molecule has 0 fully saturated rings. The third kappa shape index (κ3) is 3.52. The van der Waals surface area contributed by atoms with Crippen molar-refractivity contribution < 1.29 is 0 Å². The first-order chi connectivity index (χ1) is 15.7. The van der Waals surface area contributed by atoms with Crippen LogP contribution in [0.25, 0.3) is 43.8 Å². The van der Waals surface area contributed by atoms with Crippen LogP contribution in [-0.2, 0) is 0 Å².